The van der Waals surface area contributed by atoms with E-state index in [0.717, 1.165) is 67.8 Å². The molecule has 0 aromatic heterocycles. The Morgan fingerprint density at radius 1 is 0.848 bits per heavy atom. The van der Waals surface area contributed by atoms with Gasteiger partial charge < -0.3 is 4.74 Å². The first-order valence-corrected chi connectivity index (χ1v) is 14.1. The van der Waals surface area contributed by atoms with Crippen molar-refractivity contribution in [2.75, 3.05) is 0 Å². The van der Waals surface area contributed by atoms with Crippen molar-refractivity contribution in [2.45, 2.75) is 122 Å². The molecule has 0 aliphatic heterocycles. The summed E-state index contributed by atoms with van der Waals surface area (Å²) in [5, 5.41) is 0. The van der Waals surface area contributed by atoms with Gasteiger partial charge in [0, 0.05) is 0 Å². The Kier molecular flexibility index (Phi) is 8.88. The topological polar surface area (TPSA) is 26.3 Å². The molecule has 0 saturated heterocycles. The molecule has 3 saturated carbocycles. The molecule has 0 heterocycles. The van der Waals surface area contributed by atoms with E-state index in [9.17, 15) is 9.18 Å². The highest BCUT2D eigenvalue weighted by molar-refractivity contribution is 5.89. The van der Waals surface area contributed by atoms with Crippen LogP contribution in [0.3, 0.4) is 0 Å². The largest absolute Gasteiger partial charge is 0.459 e. The average molecular weight is 457 g/mol. The molecule has 3 aliphatic rings. The van der Waals surface area contributed by atoms with Crippen LogP contribution in [0.25, 0.3) is 0 Å². The summed E-state index contributed by atoms with van der Waals surface area (Å²) in [5.41, 5.74) is 1.16. The third-order valence-corrected chi connectivity index (χ3v) is 9.36. The van der Waals surface area contributed by atoms with Crippen molar-refractivity contribution in [1.82, 2.24) is 0 Å². The lowest BCUT2D eigenvalue weighted by Gasteiger charge is -2.37. The molecule has 3 fully saturated rings. The van der Waals surface area contributed by atoms with Crippen LogP contribution in [-0.4, -0.2) is 12.1 Å². The van der Waals surface area contributed by atoms with Gasteiger partial charge in [0.25, 0.3) is 0 Å². The van der Waals surface area contributed by atoms with Crippen molar-refractivity contribution in [3.63, 3.8) is 0 Å². The number of carbonyl (C=O) groups is 1. The Hall–Kier alpha value is -1.38. The minimum absolute atomic E-state index is 0.0476. The van der Waals surface area contributed by atoms with Gasteiger partial charge in [0.05, 0.1) is 5.56 Å². The first kappa shape index (κ1) is 24.7. The van der Waals surface area contributed by atoms with Crippen LogP contribution in [0.1, 0.15) is 132 Å². The fourth-order valence-electron chi connectivity index (χ4n) is 7.10. The van der Waals surface area contributed by atoms with Crippen molar-refractivity contribution in [2.24, 2.45) is 23.7 Å². The molecule has 4 rings (SSSR count). The lowest BCUT2D eigenvalue weighted by atomic mass is 9.70. The summed E-state index contributed by atoms with van der Waals surface area (Å²) >= 11 is 0. The smallest absolute Gasteiger partial charge is 0.341 e. The fraction of sp³-hybridized carbons (Fsp3) is 0.767. The molecule has 33 heavy (non-hydrogen) atoms. The van der Waals surface area contributed by atoms with Gasteiger partial charge in [0.15, 0.2) is 0 Å². The van der Waals surface area contributed by atoms with Crippen molar-refractivity contribution >= 4 is 5.97 Å². The van der Waals surface area contributed by atoms with Crippen LogP contribution in [0.5, 0.6) is 0 Å². The number of carbonyl (C=O) groups excluding carboxylic acids is 1. The Morgan fingerprint density at radius 3 is 2.03 bits per heavy atom. The molecule has 0 N–H and O–H groups in total. The van der Waals surface area contributed by atoms with Gasteiger partial charge in [0.1, 0.15) is 11.9 Å². The first-order valence-electron chi connectivity index (χ1n) is 14.1. The molecule has 1 aromatic carbocycles. The van der Waals surface area contributed by atoms with Gasteiger partial charge in [-0.1, -0.05) is 52.0 Å². The van der Waals surface area contributed by atoms with Crippen LogP contribution < -0.4 is 0 Å². The van der Waals surface area contributed by atoms with Crippen LogP contribution in [0.15, 0.2) is 18.2 Å². The van der Waals surface area contributed by atoms with Gasteiger partial charge in [0.2, 0.25) is 0 Å². The summed E-state index contributed by atoms with van der Waals surface area (Å²) in [7, 11) is 0. The quantitative estimate of drug-likeness (QED) is 0.383. The van der Waals surface area contributed by atoms with E-state index in [-0.39, 0.29) is 11.7 Å². The van der Waals surface area contributed by atoms with Crippen LogP contribution in [-0.2, 0) is 4.74 Å². The van der Waals surface area contributed by atoms with Gasteiger partial charge >= 0.3 is 5.97 Å². The van der Waals surface area contributed by atoms with E-state index in [4.69, 9.17) is 4.74 Å². The monoisotopic (exact) mass is 456 g/mol. The minimum atomic E-state index is -0.475. The SMILES string of the molecule is CCC[C@H]1CC[C@H](C2CCC(OC(=O)c3ccc([C@H]4CC[C@H](CC)CC4)cc3F)CC2)CC1. The second-order valence-corrected chi connectivity index (χ2v) is 11.4. The molecule has 0 spiro atoms. The molecule has 0 amide bonds. The molecule has 0 unspecified atom stereocenters. The molecular formula is C30H45FO2. The Morgan fingerprint density at radius 2 is 1.45 bits per heavy atom. The number of esters is 1. The van der Waals surface area contributed by atoms with E-state index in [2.05, 4.69) is 13.8 Å². The van der Waals surface area contributed by atoms with E-state index < -0.39 is 11.8 Å². The third-order valence-electron chi connectivity index (χ3n) is 9.36. The standard InChI is InChI=1S/C30H45FO2/c1-3-5-22-8-12-23(13-9-22)24-14-17-27(18-15-24)33-30(32)28-19-16-26(20-29(28)31)25-10-6-21(4-2)7-11-25/h16,19-25,27H,3-15,17-18H2,1-2H3/t21-,22-,23-,24?,25-,27?. The van der Waals surface area contributed by atoms with Gasteiger partial charge in [-0.3, -0.25) is 0 Å². The van der Waals surface area contributed by atoms with Crippen LogP contribution in [0, 0.1) is 29.5 Å². The maximum Gasteiger partial charge on any atom is 0.341 e. The van der Waals surface area contributed by atoms with Crippen LogP contribution in [0.4, 0.5) is 4.39 Å². The molecule has 0 atom stereocenters. The van der Waals surface area contributed by atoms with Crippen LogP contribution >= 0.6 is 0 Å². The molecule has 1 aromatic rings. The lowest BCUT2D eigenvalue weighted by Crippen LogP contribution is -2.30. The number of benzene rings is 1. The highest BCUT2D eigenvalue weighted by atomic mass is 19.1. The zero-order chi connectivity index (χ0) is 23.2. The molecular weight excluding hydrogens is 411 g/mol. The van der Waals surface area contributed by atoms with Gasteiger partial charge in [-0.2, -0.15) is 0 Å². The summed E-state index contributed by atoms with van der Waals surface area (Å²) in [6.07, 6.45) is 18.4. The molecule has 0 bridgehead atoms. The van der Waals surface area contributed by atoms with Gasteiger partial charge in [-0.15, -0.1) is 0 Å². The molecule has 0 radical (unpaired) electrons. The Balaban J connectivity index is 1.24. The third kappa shape index (κ3) is 6.40. The lowest BCUT2D eigenvalue weighted by molar-refractivity contribution is 0.0105. The fourth-order valence-corrected chi connectivity index (χ4v) is 7.10. The molecule has 3 heteroatoms. The predicted octanol–water partition coefficient (Wildman–Crippen LogP) is 8.83. The number of hydrogen-bond donors (Lipinski definition) is 0. The zero-order valence-electron chi connectivity index (χ0n) is 21.0. The second kappa shape index (κ2) is 11.8. The summed E-state index contributed by atoms with van der Waals surface area (Å²) in [4.78, 5) is 12.7. The predicted molar refractivity (Wildman–Crippen MR) is 133 cm³/mol. The zero-order valence-corrected chi connectivity index (χ0v) is 21.0. The van der Waals surface area contributed by atoms with E-state index >= 15 is 0 Å². The van der Waals surface area contributed by atoms with Gasteiger partial charge in [-0.25, -0.2) is 9.18 Å². The normalized spacial score (nSPS) is 32.9. The van der Waals surface area contributed by atoms with E-state index in [0.29, 0.717) is 5.92 Å². The Labute approximate surface area is 201 Å². The number of rotatable bonds is 7. The minimum Gasteiger partial charge on any atom is -0.459 e. The Bertz CT molecular complexity index is 751. The molecule has 3 aliphatic carbocycles. The van der Waals surface area contributed by atoms with Crippen molar-refractivity contribution < 1.29 is 13.9 Å². The van der Waals surface area contributed by atoms with Crippen molar-refractivity contribution in [3.8, 4) is 0 Å². The summed E-state index contributed by atoms with van der Waals surface area (Å²) in [6.45, 7) is 4.56. The van der Waals surface area contributed by atoms with E-state index in [1.807, 2.05) is 6.07 Å². The average Bonchev–Trinajstić information content (AvgIpc) is 2.85. The highest BCUT2D eigenvalue weighted by Gasteiger charge is 2.32. The van der Waals surface area contributed by atoms with E-state index in [1.165, 1.54) is 57.8 Å². The number of halogens is 1. The molecule has 184 valence electrons. The number of ether oxygens (including phenoxy) is 1. The second-order valence-electron chi connectivity index (χ2n) is 11.4. The maximum absolute atomic E-state index is 14.8. The molecule has 2 nitrogen and oxygen atoms in total. The van der Waals surface area contributed by atoms with Crippen LogP contribution in [0.2, 0.25) is 0 Å². The van der Waals surface area contributed by atoms with Crippen molar-refractivity contribution in [1.29, 1.82) is 0 Å². The van der Waals surface area contributed by atoms with E-state index in [1.54, 1.807) is 12.1 Å². The summed E-state index contributed by atoms with van der Waals surface area (Å²) in [5.74, 6) is 2.99. The number of hydrogen-bond acceptors (Lipinski definition) is 2. The summed E-state index contributed by atoms with van der Waals surface area (Å²) < 4.78 is 20.6. The highest BCUT2D eigenvalue weighted by Crippen LogP contribution is 2.42. The first-order chi connectivity index (χ1) is 16.1. The maximum atomic E-state index is 14.8. The van der Waals surface area contributed by atoms with Gasteiger partial charge in [-0.05, 0) is 111 Å². The van der Waals surface area contributed by atoms with Crippen molar-refractivity contribution in [3.05, 3.63) is 35.1 Å². The summed E-state index contributed by atoms with van der Waals surface area (Å²) in [6, 6.07) is 5.22.